The highest BCUT2D eigenvalue weighted by Gasteiger charge is 2.31. The zero-order valence-electron chi connectivity index (χ0n) is 10.5. The van der Waals surface area contributed by atoms with Crippen LogP contribution >= 0.6 is 11.8 Å². The topological polar surface area (TPSA) is 62.3 Å². The van der Waals surface area contributed by atoms with E-state index in [2.05, 4.69) is 10.3 Å². The number of thioether (sulfide) groups is 1. The highest BCUT2D eigenvalue weighted by atomic mass is 32.2. The summed E-state index contributed by atoms with van der Waals surface area (Å²) in [4.78, 5) is 6.30. The Bertz CT molecular complexity index is 519. The first-order valence-corrected chi connectivity index (χ1v) is 8.81. The van der Waals surface area contributed by atoms with Crippen molar-refractivity contribution in [2.24, 2.45) is 0 Å². The van der Waals surface area contributed by atoms with Crippen LogP contribution in [0.25, 0.3) is 0 Å². The Balaban J connectivity index is 2.33. The summed E-state index contributed by atoms with van der Waals surface area (Å²) in [5.41, 5.74) is 0. The highest BCUT2D eigenvalue weighted by molar-refractivity contribution is 8.01. The Hall–Kier alpha value is -0.950. The van der Waals surface area contributed by atoms with Crippen molar-refractivity contribution in [1.82, 2.24) is 4.98 Å². The summed E-state index contributed by atoms with van der Waals surface area (Å²) in [6.07, 6.45) is 1.29. The number of rotatable bonds is 3. The molecule has 1 aliphatic rings. The van der Waals surface area contributed by atoms with Gasteiger partial charge in [0.25, 0.3) is 0 Å². The number of pyridine rings is 1. The third-order valence-electron chi connectivity index (χ3n) is 2.86. The van der Waals surface area contributed by atoms with Gasteiger partial charge in [0.1, 0.15) is 17.0 Å². The molecule has 5 nitrogen and oxygen atoms in total. The van der Waals surface area contributed by atoms with Crippen molar-refractivity contribution in [1.29, 1.82) is 0 Å². The molecule has 0 radical (unpaired) electrons. The molecule has 1 saturated heterocycles. The van der Waals surface area contributed by atoms with Gasteiger partial charge in [0.2, 0.25) is 0 Å². The standard InChI is InChI=1S/C11H17N3O2S2/c1-12-9-4-3-5-10(13-9)14-6-7-17-8-11(14)18(2,15)16/h3-5,11H,6-8H2,1-2H3,(H,12,13). The molecule has 2 heterocycles. The number of hydrogen-bond acceptors (Lipinski definition) is 6. The maximum absolute atomic E-state index is 11.8. The molecule has 7 heteroatoms. The second-order valence-electron chi connectivity index (χ2n) is 4.18. The first-order chi connectivity index (χ1) is 8.52. The van der Waals surface area contributed by atoms with Gasteiger partial charge in [0, 0.05) is 31.4 Å². The van der Waals surface area contributed by atoms with Gasteiger partial charge in [0.15, 0.2) is 9.84 Å². The lowest BCUT2D eigenvalue weighted by atomic mass is 10.4. The van der Waals surface area contributed by atoms with E-state index in [1.54, 1.807) is 18.8 Å². The van der Waals surface area contributed by atoms with E-state index < -0.39 is 15.2 Å². The first-order valence-electron chi connectivity index (χ1n) is 5.70. The molecular weight excluding hydrogens is 270 g/mol. The second kappa shape index (κ2) is 5.36. The van der Waals surface area contributed by atoms with E-state index in [0.29, 0.717) is 12.3 Å². The van der Waals surface area contributed by atoms with Gasteiger partial charge in [-0.2, -0.15) is 11.8 Å². The van der Waals surface area contributed by atoms with Crippen molar-refractivity contribution in [3.63, 3.8) is 0 Å². The number of aromatic nitrogens is 1. The maximum atomic E-state index is 11.8. The van der Waals surface area contributed by atoms with E-state index in [1.807, 2.05) is 23.1 Å². The molecule has 1 aromatic heterocycles. The molecule has 0 aromatic carbocycles. The van der Waals surface area contributed by atoms with Crippen molar-refractivity contribution in [2.75, 3.05) is 41.6 Å². The van der Waals surface area contributed by atoms with Crippen LogP contribution < -0.4 is 10.2 Å². The monoisotopic (exact) mass is 287 g/mol. The van der Waals surface area contributed by atoms with Crippen molar-refractivity contribution >= 4 is 33.2 Å². The normalized spacial score (nSPS) is 20.8. The average molecular weight is 287 g/mol. The van der Waals surface area contributed by atoms with Crippen LogP contribution in [0, 0.1) is 0 Å². The maximum Gasteiger partial charge on any atom is 0.169 e. The molecule has 0 spiro atoms. The Kier molecular flexibility index (Phi) is 4.01. The predicted octanol–water partition coefficient (Wildman–Crippen LogP) is 1.05. The molecular formula is C11H17N3O2S2. The summed E-state index contributed by atoms with van der Waals surface area (Å²) in [6.45, 7) is 0.711. The van der Waals surface area contributed by atoms with E-state index in [4.69, 9.17) is 0 Å². The van der Waals surface area contributed by atoms with Gasteiger partial charge in [-0.15, -0.1) is 0 Å². The summed E-state index contributed by atoms with van der Waals surface area (Å²) in [5, 5.41) is 2.49. The van der Waals surface area contributed by atoms with Gasteiger partial charge in [0.05, 0.1) is 0 Å². The zero-order valence-corrected chi connectivity index (χ0v) is 12.1. The minimum Gasteiger partial charge on any atom is -0.373 e. The minimum absolute atomic E-state index is 0.476. The van der Waals surface area contributed by atoms with Crippen LogP contribution in [0.1, 0.15) is 0 Å². The average Bonchev–Trinajstić information content (AvgIpc) is 2.38. The second-order valence-corrected chi connectivity index (χ2v) is 7.54. The molecule has 100 valence electrons. The SMILES string of the molecule is CNc1cccc(N2CCSCC2S(C)(=O)=O)n1. The van der Waals surface area contributed by atoms with Gasteiger partial charge in [-0.05, 0) is 12.1 Å². The Labute approximate surface area is 112 Å². The molecule has 0 aliphatic carbocycles. The smallest absolute Gasteiger partial charge is 0.169 e. The van der Waals surface area contributed by atoms with E-state index in [9.17, 15) is 8.42 Å². The summed E-state index contributed by atoms with van der Waals surface area (Å²) >= 11 is 1.67. The van der Waals surface area contributed by atoms with Crippen LogP contribution in [-0.2, 0) is 9.84 Å². The van der Waals surface area contributed by atoms with Crippen molar-refractivity contribution in [2.45, 2.75) is 5.37 Å². The first kappa shape index (κ1) is 13.5. The van der Waals surface area contributed by atoms with E-state index in [1.165, 1.54) is 6.26 Å². The summed E-state index contributed by atoms with van der Waals surface area (Å²) < 4.78 is 23.7. The third kappa shape index (κ3) is 2.89. The van der Waals surface area contributed by atoms with Gasteiger partial charge >= 0.3 is 0 Å². The van der Waals surface area contributed by atoms with E-state index in [-0.39, 0.29) is 0 Å². The third-order valence-corrected chi connectivity index (χ3v) is 5.51. The Morgan fingerprint density at radius 3 is 2.94 bits per heavy atom. The molecule has 0 saturated carbocycles. The van der Waals surface area contributed by atoms with E-state index in [0.717, 1.165) is 17.4 Å². The molecule has 18 heavy (non-hydrogen) atoms. The molecule has 1 fully saturated rings. The molecule has 1 atom stereocenters. The summed E-state index contributed by atoms with van der Waals surface area (Å²) in [6, 6.07) is 5.60. The van der Waals surface area contributed by atoms with Crippen LogP contribution in [0.3, 0.4) is 0 Å². The van der Waals surface area contributed by atoms with E-state index >= 15 is 0 Å². The number of nitrogens with zero attached hydrogens (tertiary/aromatic N) is 2. The van der Waals surface area contributed by atoms with Gasteiger partial charge in [-0.1, -0.05) is 6.07 Å². The van der Waals surface area contributed by atoms with Crippen LogP contribution in [0.5, 0.6) is 0 Å². The fourth-order valence-corrected chi connectivity index (χ4v) is 4.75. The number of sulfone groups is 1. The quantitative estimate of drug-likeness (QED) is 0.896. The summed E-state index contributed by atoms with van der Waals surface area (Å²) in [5.74, 6) is 3.00. The lowest BCUT2D eigenvalue weighted by Crippen LogP contribution is -2.47. The van der Waals surface area contributed by atoms with Gasteiger partial charge in [-0.3, -0.25) is 0 Å². The molecule has 0 bridgehead atoms. The van der Waals surface area contributed by atoms with Crippen molar-refractivity contribution in [3.8, 4) is 0 Å². The molecule has 1 unspecified atom stereocenters. The molecule has 1 aromatic rings. The highest BCUT2D eigenvalue weighted by Crippen LogP contribution is 2.26. The van der Waals surface area contributed by atoms with Gasteiger partial charge in [-0.25, -0.2) is 13.4 Å². The largest absolute Gasteiger partial charge is 0.373 e. The molecule has 0 amide bonds. The molecule has 1 N–H and O–H groups in total. The van der Waals surface area contributed by atoms with Crippen molar-refractivity contribution in [3.05, 3.63) is 18.2 Å². The Morgan fingerprint density at radius 2 is 2.28 bits per heavy atom. The number of anilines is 2. The fourth-order valence-electron chi connectivity index (χ4n) is 1.92. The minimum atomic E-state index is -3.10. The Morgan fingerprint density at radius 1 is 1.50 bits per heavy atom. The lowest BCUT2D eigenvalue weighted by molar-refractivity contribution is 0.583. The van der Waals surface area contributed by atoms with Crippen LogP contribution in [-0.4, -0.2) is 50.1 Å². The molecule has 2 rings (SSSR count). The van der Waals surface area contributed by atoms with Crippen molar-refractivity contribution < 1.29 is 8.42 Å². The zero-order chi connectivity index (χ0) is 13.2. The van der Waals surface area contributed by atoms with Crippen LogP contribution in [0.2, 0.25) is 0 Å². The summed E-state index contributed by atoms with van der Waals surface area (Å²) in [7, 11) is -1.30. The molecule has 1 aliphatic heterocycles. The predicted molar refractivity (Wildman–Crippen MR) is 77.1 cm³/mol. The van der Waals surface area contributed by atoms with Crippen LogP contribution in [0.4, 0.5) is 11.6 Å². The fraction of sp³-hybridized carbons (Fsp3) is 0.545. The lowest BCUT2D eigenvalue weighted by Gasteiger charge is -2.35. The number of nitrogens with one attached hydrogen (secondary N) is 1. The van der Waals surface area contributed by atoms with Gasteiger partial charge < -0.3 is 10.2 Å². The van der Waals surface area contributed by atoms with Crippen LogP contribution in [0.15, 0.2) is 18.2 Å². The number of hydrogen-bond donors (Lipinski definition) is 1.